The second kappa shape index (κ2) is 13.7. The van der Waals surface area contributed by atoms with Gasteiger partial charge < -0.3 is 35.7 Å². The van der Waals surface area contributed by atoms with Crippen molar-refractivity contribution in [2.75, 3.05) is 0 Å². The first kappa shape index (κ1) is 37.6. The van der Waals surface area contributed by atoms with E-state index in [4.69, 9.17) is 0 Å². The molecule has 0 aromatic heterocycles. The molecule has 2 aliphatic carbocycles. The van der Waals surface area contributed by atoms with E-state index in [0.717, 1.165) is 0 Å². The Kier molecular flexibility index (Phi) is 10.7. The molecule has 0 bridgehead atoms. The Morgan fingerprint density at radius 3 is 1.15 bits per heavy atom. The molecule has 2 aliphatic rings. The molecule has 7 N–H and O–H groups in total. The average molecular weight is 669 g/mol. The van der Waals surface area contributed by atoms with Gasteiger partial charge in [-0.05, 0) is 47.0 Å². The molecule has 12 nitrogen and oxygen atoms in total. The molecule has 0 saturated carbocycles. The van der Waals surface area contributed by atoms with Crippen LogP contribution >= 0.6 is 0 Å². The average Bonchev–Trinajstić information content (AvgIpc) is 2.99. The van der Waals surface area contributed by atoms with E-state index in [2.05, 4.69) is 0 Å². The van der Waals surface area contributed by atoms with E-state index in [1.165, 1.54) is 27.7 Å². The molecule has 0 saturated heterocycles. The first-order valence-electron chi connectivity index (χ1n) is 15.9. The summed E-state index contributed by atoms with van der Waals surface area (Å²) in [6, 6.07) is 0. The minimum absolute atomic E-state index is 0.0952. The maximum Gasteiger partial charge on any atom is 0.183 e. The number of aliphatic hydroxyl groups is 4. The van der Waals surface area contributed by atoms with Crippen molar-refractivity contribution in [3.8, 4) is 17.2 Å². The van der Waals surface area contributed by atoms with Gasteiger partial charge >= 0.3 is 0 Å². The van der Waals surface area contributed by atoms with Crippen LogP contribution in [0.1, 0.15) is 108 Å². The molecule has 48 heavy (non-hydrogen) atoms. The van der Waals surface area contributed by atoms with E-state index in [1.807, 2.05) is 0 Å². The molecule has 260 valence electrons. The fourth-order valence-electron chi connectivity index (χ4n) is 6.02. The second-order valence-corrected chi connectivity index (χ2v) is 13.3. The summed E-state index contributed by atoms with van der Waals surface area (Å²) >= 11 is 0. The van der Waals surface area contributed by atoms with Gasteiger partial charge in [-0.2, -0.15) is 0 Å². The number of hydrogen-bond acceptors (Lipinski definition) is 12. The van der Waals surface area contributed by atoms with Gasteiger partial charge in [0.25, 0.3) is 0 Å². The summed E-state index contributed by atoms with van der Waals surface area (Å²) in [5.74, 6) is -9.62. The maximum atomic E-state index is 13.2. The van der Waals surface area contributed by atoms with Gasteiger partial charge in [0.2, 0.25) is 0 Å². The highest BCUT2D eigenvalue weighted by molar-refractivity contribution is 6.24. The number of Topliss-reactive ketones (excluding diaryl/α,β-unsaturated/α-hetero) is 5. The summed E-state index contributed by atoms with van der Waals surface area (Å²) in [6.07, 6.45) is -0.873. The van der Waals surface area contributed by atoms with E-state index in [-0.39, 0.29) is 25.7 Å². The summed E-state index contributed by atoms with van der Waals surface area (Å²) in [7, 11) is 0. The van der Waals surface area contributed by atoms with E-state index in [9.17, 15) is 59.7 Å². The van der Waals surface area contributed by atoms with Gasteiger partial charge in [0.15, 0.2) is 28.9 Å². The minimum atomic E-state index is -1.71. The molecule has 3 rings (SSSR count). The number of aromatic hydroxyl groups is 3. The zero-order chi connectivity index (χ0) is 36.6. The van der Waals surface area contributed by atoms with Crippen molar-refractivity contribution >= 4 is 28.9 Å². The van der Waals surface area contributed by atoms with Crippen LogP contribution in [-0.2, 0) is 32.0 Å². The number of allylic oxidation sites excluding steroid dienone is 6. The molecule has 0 fully saturated rings. The van der Waals surface area contributed by atoms with Gasteiger partial charge in [-0.3, -0.25) is 24.0 Å². The standard InChI is InChI=1S/C36H44O12/c1-8-11-20(37)23-27(41)16(14-18-29(43)24(21(38)12-9-2)33(47)35(4,5)31(18)45)26(40)17(28(23)42)15-19-30(44)25(22(39)13-10-3)34(48)36(6,7)32(19)46/h40-46H,8-15H2,1-7H3. The lowest BCUT2D eigenvalue weighted by Crippen LogP contribution is -2.37. The first-order valence-corrected chi connectivity index (χ1v) is 15.9. The van der Waals surface area contributed by atoms with Crippen molar-refractivity contribution in [2.45, 2.75) is 99.8 Å². The first-order chi connectivity index (χ1) is 22.2. The lowest BCUT2D eigenvalue weighted by molar-refractivity contribution is -0.128. The normalized spacial score (nSPS) is 17.8. The smallest absolute Gasteiger partial charge is 0.183 e. The molecule has 0 amide bonds. The summed E-state index contributed by atoms with van der Waals surface area (Å²) < 4.78 is 0. The Morgan fingerprint density at radius 2 is 0.833 bits per heavy atom. The van der Waals surface area contributed by atoms with Crippen molar-refractivity contribution in [3.63, 3.8) is 0 Å². The molecule has 12 heteroatoms. The molecule has 0 spiro atoms. The molecule has 0 unspecified atom stereocenters. The van der Waals surface area contributed by atoms with Crippen molar-refractivity contribution in [2.24, 2.45) is 10.8 Å². The topological polar surface area (TPSA) is 227 Å². The molecular formula is C36H44O12. The molecule has 0 heterocycles. The van der Waals surface area contributed by atoms with Gasteiger partial charge in [0.05, 0.1) is 10.8 Å². The maximum absolute atomic E-state index is 13.2. The lowest BCUT2D eigenvalue weighted by Gasteiger charge is -2.32. The highest BCUT2D eigenvalue weighted by atomic mass is 16.3. The summed E-state index contributed by atoms with van der Waals surface area (Å²) in [4.78, 5) is 65.4. The Balaban J connectivity index is 2.39. The number of rotatable bonds is 13. The predicted molar refractivity (Wildman–Crippen MR) is 174 cm³/mol. The molecule has 1 aromatic rings. The number of phenolic OH excluding ortho intramolecular Hbond substituents is 3. The number of phenols is 3. The van der Waals surface area contributed by atoms with E-state index >= 15 is 0 Å². The molecule has 0 atom stereocenters. The van der Waals surface area contributed by atoms with Crippen LogP contribution in [0.2, 0.25) is 0 Å². The van der Waals surface area contributed by atoms with Crippen LogP contribution in [0.3, 0.4) is 0 Å². The quantitative estimate of drug-likeness (QED) is 0.0938. The fourth-order valence-corrected chi connectivity index (χ4v) is 6.02. The monoisotopic (exact) mass is 668 g/mol. The third kappa shape index (κ3) is 6.11. The van der Waals surface area contributed by atoms with Crippen LogP contribution in [-0.4, -0.2) is 64.7 Å². The number of aliphatic hydroxyl groups excluding tert-OH is 4. The highest BCUT2D eigenvalue weighted by Gasteiger charge is 2.47. The van der Waals surface area contributed by atoms with Gasteiger partial charge in [-0.25, -0.2) is 0 Å². The zero-order valence-electron chi connectivity index (χ0n) is 28.3. The number of ketones is 5. The lowest BCUT2D eigenvalue weighted by atomic mass is 9.72. The summed E-state index contributed by atoms with van der Waals surface area (Å²) in [5.41, 5.74) is -7.01. The van der Waals surface area contributed by atoms with Crippen molar-refractivity contribution in [3.05, 3.63) is 62.0 Å². The van der Waals surface area contributed by atoms with Crippen molar-refractivity contribution < 1.29 is 59.7 Å². The van der Waals surface area contributed by atoms with E-state index in [0.29, 0.717) is 12.8 Å². The van der Waals surface area contributed by atoms with Crippen LogP contribution in [0.15, 0.2) is 45.3 Å². The molecule has 0 aliphatic heterocycles. The Morgan fingerprint density at radius 1 is 0.521 bits per heavy atom. The summed E-state index contributed by atoms with van der Waals surface area (Å²) in [6.45, 7) is 10.3. The Labute approximate surface area is 278 Å². The highest BCUT2D eigenvalue weighted by Crippen LogP contribution is 2.49. The number of carbonyl (C=O) groups excluding carboxylic acids is 5. The zero-order valence-corrected chi connectivity index (χ0v) is 28.3. The SMILES string of the molecule is CCCC(=O)C1=C(O)C(Cc2c(O)c(CC3=C(O)C(C)(C)C(=O)C(C(=O)CCC)=C3O)c(O)c(C(=O)CCC)c2O)=C(O)C(C)(C)C1=O. The van der Waals surface area contributed by atoms with Crippen LogP contribution in [0.5, 0.6) is 17.2 Å². The Hall–Kier alpha value is -4.87. The van der Waals surface area contributed by atoms with Crippen LogP contribution in [0, 0.1) is 10.8 Å². The van der Waals surface area contributed by atoms with E-state index < -0.39 is 132 Å². The number of benzene rings is 1. The van der Waals surface area contributed by atoms with Gasteiger partial charge in [-0.1, -0.05) is 20.8 Å². The van der Waals surface area contributed by atoms with E-state index in [1.54, 1.807) is 20.8 Å². The predicted octanol–water partition coefficient (Wildman–Crippen LogP) is 6.08. The van der Waals surface area contributed by atoms with Gasteiger partial charge in [0, 0.05) is 54.4 Å². The largest absolute Gasteiger partial charge is 0.511 e. The number of hydrogen-bond donors (Lipinski definition) is 7. The number of carbonyl (C=O) groups is 5. The van der Waals surface area contributed by atoms with Crippen LogP contribution < -0.4 is 0 Å². The third-order valence-electron chi connectivity index (χ3n) is 8.98. The van der Waals surface area contributed by atoms with Crippen molar-refractivity contribution in [1.29, 1.82) is 0 Å². The van der Waals surface area contributed by atoms with Gasteiger partial charge in [0.1, 0.15) is 57.0 Å². The van der Waals surface area contributed by atoms with Gasteiger partial charge in [-0.15, -0.1) is 0 Å². The third-order valence-corrected chi connectivity index (χ3v) is 8.98. The minimum Gasteiger partial charge on any atom is -0.511 e. The van der Waals surface area contributed by atoms with Crippen LogP contribution in [0.25, 0.3) is 0 Å². The molecule has 1 aromatic carbocycles. The second-order valence-electron chi connectivity index (χ2n) is 13.3. The Bertz CT molecular complexity index is 1630. The van der Waals surface area contributed by atoms with Crippen molar-refractivity contribution in [1.82, 2.24) is 0 Å². The van der Waals surface area contributed by atoms with Crippen LogP contribution in [0.4, 0.5) is 0 Å². The fraction of sp³-hybridized carbons (Fsp3) is 0.472. The molecular weight excluding hydrogens is 624 g/mol. The summed E-state index contributed by atoms with van der Waals surface area (Å²) in [5, 5.41) is 78.9. The molecule has 0 radical (unpaired) electrons.